The first-order chi connectivity index (χ1) is 8.99. The van der Waals surface area contributed by atoms with Crippen LogP contribution in [0.15, 0.2) is 0 Å². The molecule has 1 saturated heterocycles. The maximum atomic E-state index is 12.5. The fraction of sp³-hybridized carbons (Fsp3) is 0.857. The molecule has 2 fully saturated rings. The molecule has 2 aliphatic rings. The summed E-state index contributed by atoms with van der Waals surface area (Å²) in [4.78, 5) is 25.5. The summed E-state index contributed by atoms with van der Waals surface area (Å²) in [6.45, 7) is 5.01. The molecule has 0 spiro atoms. The van der Waals surface area contributed by atoms with E-state index in [9.17, 15) is 9.59 Å². The summed E-state index contributed by atoms with van der Waals surface area (Å²) >= 11 is 0. The SMILES string of the molecule is CC(=O)NC1CCN(C(=O)C2CCCC(N)C2C)C1. The molecule has 4 atom stereocenters. The van der Waals surface area contributed by atoms with Crippen molar-refractivity contribution >= 4 is 11.8 Å². The van der Waals surface area contributed by atoms with Gasteiger partial charge in [-0.15, -0.1) is 0 Å². The van der Waals surface area contributed by atoms with Gasteiger partial charge in [-0.25, -0.2) is 0 Å². The van der Waals surface area contributed by atoms with Crippen molar-refractivity contribution < 1.29 is 9.59 Å². The minimum atomic E-state index is -0.0210. The second kappa shape index (κ2) is 5.90. The van der Waals surface area contributed by atoms with Crippen molar-refractivity contribution in [1.29, 1.82) is 0 Å². The van der Waals surface area contributed by atoms with Crippen LogP contribution in [0.1, 0.15) is 39.5 Å². The lowest BCUT2D eigenvalue weighted by Gasteiger charge is -2.35. The van der Waals surface area contributed by atoms with Crippen LogP contribution in [0.25, 0.3) is 0 Å². The Bertz CT molecular complexity index is 359. The number of nitrogens with zero attached hydrogens (tertiary/aromatic N) is 1. The molecule has 1 saturated carbocycles. The second-order valence-electron chi connectivity index (χ2n) is 6.03. The maximum Gasteiger partial charge on any atom is 0.226 e. The standard InChI is InChI=1S/C14H25N3O2/c1-9-12(4-3-5-13(9)15)14(19)17-7-6-11(8-17)16-10(2)18/h9,11-13H,3-8,15H2,1-2H3,(H,16,18). The lowest BCUT2D eigenvalue weighted by molar-refractivity contribution is -0.137. The van der Waals surface area contributed by atoms with Crippen LogP contribution in [-0.2, 0) is 9.59 Å². The van der Waals surface area contributed by atoms with E-state index in [2.05, 4.69) is 12.2 Å². The van der Waals surface area contributed by atoms with Gasteiger partial charge in [-0.05, 0) is 25.2 Å². The number of hydrogen-bond acceptors (Lipinski definition) is 3. The Hall–Kier alpha value is -1.10. The quantitative estimate of drug-likeness (QED) is 0.764. The molecule has 0 aromatic rings. The summed E-state index contributed by atoms with van der Waals surface area (Å²) in [7, 11) is 0. The molecule has 1 heterocycles. The van der Waals surface area contributed by atoms with Gasteiger partial charge in [0.05, 0.1) is 0 Å². The van der Waals surface area contributed by atoms with E-state index in [0.717, 1.165) is 32.2 Å². The molecule has 1 aliphatic carbocycles. The predicted octanol–water partition coefficient (Wildman–Crippen LogP) is 0.487. The van der Waals surface area contributed by atoms with E-state index in [4.69, 9.17) is 5.73 Å². The number of nitrogens with two attached hydrogens (primary N) is 1. The molecule has 3 N–H and O–H groups in total. The monoisotopic (exact) mass is 267 g/mol. The molecule has 108 valence electrons. The van der Waals surface area contributed by atoms with Crippen molar-refractivity contribution in [1.82, 2.24) is 10.2 Å². The highest BCUT2D eigenvalue weighted by molar-refractivity contribution is 5.80. The third-order valence-corrected chi connectivity index (χ3v) is 4.59. The van der Waals surface area contributed by atoms with E-state index in [0.29, 0.717) is 6.54 Å². The average molecular weight is 267 g/mol. The van der Waals surface area contributed by atoms with Crippen LogP contribution in [0.3, 0.4) is 0 Å². The normalized spacial score (nSPS) is 35.2. The second-order valence-corrected chi connectivity index (χ2v) is 6.03. The van der Waals surface area contributed by atoms with E-state index in [1.54, 1.807) is 0 Å². The van der Waals surface area contributed by atoms with Gasteiger partial charge in [0.15, 0.2) is 0 Å². The van der Waals surface area contributed by atoms with Gasteiger partial charge in [0, 0.05) is 38.0 Å². The van der Waals surface area contributed by atoms with E-state index in [1.807, 2.05) is 4.90 Å². The van der Waals surface area contributed by atoms with E-state index in [-0.39, 0.29) is 35.7 Å². The van der Waals surface area contributed by atoms with E-state index in [1.165, 1.54) is 6.92 Å². The molecular formula is C14H25N3O2. The zero-order valence-corrected chi connectivity index (χ0v) is 11.9. The van der Waals surface area contributed by atoms with Gasteiger partial charge in [0.25, 0.3) is 0 Å². The van der Waals surface area contributed by atoms with Gasteiger partial charge in [-0.2, -0.15) is 0 Å². The van der Waals surface area contributed by atoms with E-state index >= 15 is 0 Å². The molecule has 19 heavy (non-hydrogen) atoms. The van der Waals surface area contributed by atoms with Crippen LogP contribution in [-0.4, -0.2) is 41.9 Å². The van der Waals surface area contributed by atoms with Crippen LogP contribution in [0, 0.1) is 11.8 Å². The van der Waals surface area contributed by atoms with Crippen LogP contribution < -0.4 is 11.1 Å². The average Bonchev–Trinajstić information content (AvgIpc) is 2.79. The molecular weight excluding hydrogens is 242 g/mol. The lowest BCUT2D eigenvalue weighted by atomic mass is 9.76. The molecule has 2 amide bonds. The summed E-state index contributed by atoms with van der Waals surface area (Å²) in [6.07, 6.45) is 3.89. The highest BCUT2D eigenvalue weighted by Crippen LogP contribution is 2.31. The fourth-order valence-electron chi connectivity index (χ4n) is 3.35. The van der Waals surface area contributed by atoms with Gasteiger partial charge < -0.3 is 16.0 Å². The number of hydrogen-bond donors (Lipinski definition) is 2. The Morgan fingerprint density at radius 1 is 1.26 bits per heavy atom. The number of nitrogens with one attached hydrogen (secondary N) is 1. The first-order valence-electron chi connectivity index (χ1n) is 7.30. The van der Waals surface area contributed by atoms with Crippen molar-refractivity contribution in [3.8, 4) is 0 Å². The third kappa shape index (κ3) is 3.26. The number of likely N-dealkylation sites (tertiary alicyclic amines) is 1. The molecule has 0 radical (unpaired) electrons. The van der Waals surface area contributed by atoms with Crippen molar-refractivity contribution in [2.45, 2.75) is 51.6 Å². The minimum absolute atomic E-state index is 0.0210. The molecule has 5 heteroatoms. The van der Waals surface area contributed by atoms with Crippen molar-refractivity contribution in [3.63, 3.8) is 0 Å². The molecule has 2 rings (SSSR count). The van der Waals surface area contributed by atoms with Crippen LogP contribution in [0.2, 0.25) is 0 Å². The van der Waals surface area contributed by atoms with Crippen molar-refractivity contribution in [2.75, 3.05) is 13.1 Å². The topological polar surface area (TPSA) is 75.4 Å². The zero-order valence-electron chi connectivity index (χ0n) is 11.9. The minimum Gasteiger partial charge on any atom is -0.352 e. The third-order valence-electron chi connectivity index (χ3n) is 4.59. The molecule has 1 aliphatic heterocycles. The van der Waals surface area contributed by atoms with Crippen molar-refractivity contribution in [2.24, 2.45) is 17.6 Å². The summed E-state index contributed by atoms with van der Waals surface area (Å²) in [5, 5.41) is 2.89. The van der Waals surface area contributed by atoms with Crippen LogP contribution >= 0.6 is 0 Å². The van der Waals surface area contributed by atoms with Crippen molar-refractivity contribution in [3.05, 3.63) is 0 Å². The number of carbonyl (C=O) groups is 2. The Balaban J connectivity index is 1.91. The van der Waals surface area contributed by atoms with Gasteiger partial charge in [0.2, 0.25) is 11.8 Å². The first-order valence-corrected chi connectivity index (χ1v) is 7.30. The summed E-state index contributed by atoms with van der Waals surface area (Å²) < 4.78 is 0. The Morgan fingerprint density at radius 3 is 2.68 bits per heavy atom. The Morgan fingerprint density at radius 2 is 2.00 bits per heavy atom. The first kappa shape index (κ1) is 14.3. The predicted molar refractivity (Wildman–Crippen MR) is 73.3 cm³/mol. The fourth-order valence-corrected chi connectivity index (χ4v) is 3.35. The molecule has 5 nitrogen and oxygen atoms in total. The number of amides is 2. The van der Waals surface area contributed by atoms with Gasteiger partial charge in [-0.3, -0.25) is 9.59 Å². The number of rotatable bonds is 2. The molecule has 0 bridgehead atoms. The Kier molecular flexibility index (Phi) is 4.45. The highest BCUT2D eigenvalue weighted by atomic mass is 16.2. The maximum absolute atomic E-state index is 12.5. The number of carbonyl (C=O) groups excluding carboxylic acids is 2. The zero-order chi connectivity index (χ0) is 14.0. The Labute approximate surface area is 114 Å². The lowest BCUT2D eigenvalue weighted by Crippen LogP contribution is -2.46. The summed E-state index contributed by atoms with van der Waals surface area (Å²) in [5.41, 5.74) is 6.07. The highest BCUT2D eigenvalue weighted by Gasteiger charge is 2.37. The van der Waals surface area contributed by atoms with Gasteiger partial charge >= 0.3 is 0 Å². The van der Waals surface area contributed by atoms with Crippen LogP contribution in [0.5, 0.6) is 0 Å². The molecule has 4 unspecified atom stereocenters. The molecule has 0 aromatic carbocycles. The summed E-state index contributed by atoms with van der Waals surface area (Å²) in [5.74, 6) is 0.545. The molecule has 0 aromatic heterocycles. The smallest absolute Gasteiger partial charge is 0.226 e. The van der Waals surface area contributed by atoms with Crippen LogP contribution in [0.4, 0.5) is 0 Å². The van der Waals surface area contributed by atoms with Gasteiger partial charge in [-0.1, -0.05) is 13.3 Å². The largest absolute Gasteiger partial charge is 0.352 e. The van der Waals surface area contributed by atoms with E-state index < -0.39 is 0 Å². The van der Waals surface area contributed by atoms with Gasteiger partial charge in [0.1, 0.15) is 0 Å². The summed E-state index contributed by atoms with van der Waals surface area (Å²) in [6, 6.07) is 0.269.